The summed E-state index contributed by atoms with van der Waals surface area (Å²) in [6.45, 7) is 2.13. The first-order valence-corrected chi connectivity index (χ1v) is 12.5. The summed E-state index contributed by atoms with van der Waals surface area (Å²) < 4.78 is 16.7. The number of thioether (sulfide) groups is 1. The van der Waals surface area contributed by atoms with E-state index in [0.29, 0.717) is 25.3 Å². The number of nitrogens with zero attached hydrogens (tertiary/aromatic N) is 1. The molecule has 166 valence electrons. The number of hydrogen-bond donors (Lipinski definition) is 1. The van der Waals surface area contributed by atoms with E-state index >= 15 is 0 Å². The molecule has 1 fully saturated rings. The number of fused-ring (bicyclic) bond motifs is 1. The maximum Gasteiger partial charge on any atom is 0.252 e. The molecule has 2 aromatic carbocycles. The Hall–Kier alpha value is -2.55. The second kappa shape index (κ2) is 9.52. The van der Waals surface area contributed by atoms with Crippen LogP contribution in [0.2, 0.25) is 0 Å². The second-order valence-electron chi connectivity index (χ2n) is 7.91. The van der Waals surface area contributed by atoms with Crippen molar-refractivity contribution in [3.8, 4) is 11.5 Å². The van der Waals surface area contributed by atoms with Gasteiger partial charge in [0.1, 0.15) is 0 Å². The van der Waals surface area contributed by atoms with Crippen molar-refractivity contribution in [3.63, 3.8) is 0 Å². The van der Waals surface area contributed by atoms with Gasteiger partial charge in [0.25, 0.3) is 5.91 Å². The second-order valence-corrected chi connectivity index (χ2v) is 9.64. The molecule has 0 bridgehead atoms. The molecule has 0 unspecified atom stereocenters. The highest BCUT2D eigenvalue weighted by Crippen LogP contribution is 2.40. The molecule has 0 spiro atoms. The van der Waals surface area contributed by atoms with Gasteiger partial charge in [-0.1, -0.05) is 18.2 Å². The Balaban J connectivity index is 1.32. The number of benzene rings is 2. The van der Waals surface area contributed by atoms with Crippen molar-refractivity contribution in [2.24, 2.45) is 0 Å². The molecule has 3 aromatic rings. The van der Waals surface area contributed by atoms with E-state index in [4.69, 9.17) is 14.2 Å². The van der Waals surface area contributed by atoms with Gasteiger partial charge in [-0.15, -0.1) is 23.1 Å². The van der Waals surface area contributed by atoms with E-state index in [9.17, 15) is 4.79 Å². The van der Waals surface area contributed by atoms with E-state index < -0.39 is 0 Å². The fraction of sp³-hybridized carbons (Fsp3) is 0.333. The smallest absolute Gasteiger partial charge is 0.252 e. The average molecular weight is 469 g/mol. The first kappa shape index (κ1) is 21.3. The molecule has 8 heteroatoms. The summed E-state index contributed by atoms with van der Waals surface area (Å²) in [6.07, 6.45) is 1.68. The molecule has 1 N–H and O–H groups in total. The summed E-state index contributed by atoms with van der Waals surface area (Å²) in [5.74, 6) is 2.22. The molecular weight excluding hydrogens is 444 g/mol. The highest BCUT2D eigenvalue weighted by molar-refractivity contribution is 7.98. The van der Waals surface area contributed by atoms with Crippen molar-refractivity contribution in [3.05, 3.63) is 70.2 Å². The quantitative estimate of drug-likeness (QED) is 0.510. The van der Waals surface area contributed by atoms with Crippen molar-refractivity contribution in [1.29, 1.82) is 0 Å². The summed E-state index contributed by atoms with van der Waals surface area (Å²) in [7, 11) is 0. The Morgan fingerprint density at radius 1 is 1.12 bits per heavy atom. The molecule has 0 aliphatic carbocycles. The maximum absolute atomic E-state index is 13.2. The molecule has 0 atom stereocenters. The lowest BCUT2D eigenvalue weighted by atomic mass is 9.74. The van der Waals surface area contributed by atoms with Gasteiger partial charge in [0.2, 0.25) is 6.79 Å². The van der Waals surface area contributed by atoms with Crippen LogP contribution in [-0.4, -0.2) is 37.4 Å². The van der Waals surface area contributed by atoms with Crippen LogP contribution in [-0.2, 0) is 15.9 Å². The molecule has 0 saturated carbocycles. The van der Waals surface area contributed by atoms with Crippen molar-refractivity contribution < 1.29 is 19.0 Å². The summed E-state index contributed by atoms with van der Waals surface area (Å²) in [4.78, 5) is 18.5. The van der Waals surface area contributed by atoms with Crippen LogP contribution in [0.15, 0.2) is 58.3 Å². The Morgan fingerprint density at radius 2 is 1.97 bits per heavy atom. The van der Waals surface area contributed by atoms with Crippen LogP contribution in [0.25, 0.3) is 0 Å². The fourth-order valence-electron chi connectivity index (χ4n) is 4.14. The minimum absolute atomic E-state index is 0.0574. The Bertz CT molecular complexity index is 1080. The van der Waals surface area contributed by atoms with Gasteiger partial charge >= 0.3 is 0 Å². The number of carbonyl (C=O) groups is 1. The van der Waals surface area contributed by atoms with Crippen molar-refractivity contribution in [2.75, 3.05) is 26.6 Å². The van der Waals surface area contributed by atoms with Crippen molar-refractivity contribution >= 4 is 29.0 Å². The third-order valence-corrected chi connectivity index (χ3v) is 7.76. The van der Waals surface area contributed by atoms with Gasteiger partial charge < -0.3 is 19.5 Å². The lowest BCUT2D eigenvalue weighted by Crippen LogP contribution is -2.44. The minimum atomic E-state index is -0.197. The summed E-state index contributed by atoms with van der Waals surface area (Å²) in [6, 6.07) is 13.8. The summed E-state index contributed by atoms with van der Waals surface area (Å²) in [5, 5.41) is 5.25. The fourth-order valence-corrected chi connectivity index (χ4v) is 5.76. The van der Waals surface area contributed by atoms with Crippen molar-refractivity contribution in [2.45, 2.75) is 28.9 Å². The van der Waals surface area contributed by atoms with Gasteiger partial charge in [-0.25, -0.2) is 4.98 Å². The van der Waals surface area contributed by atoms with Crippen LogP contribution in [0.3, 0.4) is 0 Å². The van der Waals surface area contributed by atoms with Gasteiger partial charge in [0, 0.05) is 41.2 Å². The van der Waals surface area contributed by atoms with E-state index in [1.165, 1.54) is 0 Å². The standard InChI is InChI=1S/C24H24N2O4S2/c27-23(19-3-1-2-4-22(19)32-13-18-12-31-15-26-18)25-14-24(7-9-28-10-8-24)17-5-6-20-21(11-17)30-16-29-20/h1-6,11-12,15H,7-10,13-14,16H2,(H,25,27). The first-order chi connectivity index (χ1) is 15.7. The summed E-state index contributed by atoms with van der Waals surface area (Å²) >= 11 is 3.22. The van der Waals surface area contributed by atoms with Crippen molar-refractivity contribution in [1.82, 2.24) is 10.3 Å². The molecule has 0 radical (unpaired) electrons. The average Bonchev–Trinajstić information content (AvgIpc) is 3.53. The molecule has 2 aliphatic heterocycles. The zero-order valence-electron chi connectivity index (χ0n) is 17.5. The van der Waals surface area contributed by atoms with Gasteiger partial charge in [0.15, 0.2) is 11.5 Å². The molecule has 32 heavy (non-hydrogen) atoms. The summed E-state index contributed by atoms with van der Waals surface area (Å²) in [5.41, 5.74) is 4.51. The number of ether oxygens (including phenoxy) is 3. The maximum atomic E-state index is 13.2. The number of nitrogens with one attached hydrogen (secondary N) is 1. The number of carbonyl (C=O) groups excluding carboxylic acids is 1. The van der Waals surface area contributed by atoms with Gasteiger partial charge in [0.05, 0.1) is 16.8 Å². The minimum Gasteiger partial charge on any atom is -0.454 e. The Morgan fingerprint density at radius 3 is 2.81 bits per heavy atom. The van der Waals surface area contributed by atoms with E-state index in [0.717, 1.165) is 46.2 Å². The number of aromatic nitrogens is 1. The van der Waals surface area contributed by atoms with E-state index in [1.54, 1.807) is 23.1 Å². The zero-order valence-corrected chi connectivity index (χ0v) is 19.2. The number of rotatable bonds is 7. The predicted molar refractivity (Wildman–Crippen MR) is 125 cm³/mol. The molecule has 3 heterocycles. The monoisotopic (exact) mass is 468 g/mol. The molecule has 1 amide bonds. The van der Waals surface area contributed by atoms with Crippen LogP contribution in [0.5, 0.6) is 11.5 Å². The van der Waals surface area contributed by atoms with Crippen LogP contribution >= 0.6 is 23.1 Å². The highest BCUT2D eigenvalue weighted by atomic mass is 32.2. The molecule has 1 saturated heterocycles. The lowest BCUT2D eigenvalue weighted by molar-refractivity contribution is 0.0486. The third kappa shape index (κ3) is 4.48. The number of thiazole rings is 1. The first-order valence-electron chi connectivity index (χ1n) is 10.6. The molecular formula is C24H24N2O4S2. The molecule has 2 aliphatic rings. The lowest BCUT2D eigenvalue weighted by Gasteiger charge is -2.38. The van der Waals surface area contributed by atoms with E-state index in [1.807, 2.05) is 41.2 Å². The van der Waals surface area contributed by atoms with Gasteiger partial charge in [-0.05, 0) is 42.7 Å². The molecule has 5 rings (SSSR count). The van der Waals surface area contributed by atoms with E-state index in [2.05, 4.69) is 22.4 Å². The van der Waals surface area contributed by atoms with Crippen LogP contribution < -0.4 is 14.8 Å². The Labute approximate surface area is 195 Å². The van der Waals surface area contributed by atoms with E-state index in [-0.39, 0.29) is 18.1 Å². The topological polar surface area (TPSA) is 69.7 Å². The van der Waals surface area contributed by atoms with Crippen LogP contribution in [0.1, 0.15) is 34.5 Å². The van der Waals surface area contributed by atoms with Crippen LogP contribution in [0, 0.1) is 0 Å². The third-order valence-electron chi connectivity index (χ3n) is 6.01. The Kier molecular flexibility index (Phi) is 6.34. The number of amides is 1. The normalized spacial score (nSPS) is 16.6. The highest BCUT2D eigenvalue weighted by Gasteiger charge is 2.36. The SMILES string of the molecule is O=C(NCC1(c2ccc3c(c2)OCO3)CCOCC1)c1ccccc1SCc1cscn1. The largest absolute Gasteiger partial charge is 0.454 e. The number of hydrogen-bond acceptors (Lipinski definition) is 7. The van der Waals surface area contributed by atoms with Gasteiger partial charge in [-0.3, -0.25) is 4.79 Å². The molecule has 6 nitrogen and oxygen atoms in total. The van der Waals surface area contributed by atoms with Crippen LogP contribution in [0.4, 0.5) is 0 Å². The molecule has 1 aromatic heterocycles. The zero-order chi connectivity index (χ0) is 21.8. The predicted octanol–water partition coefficient (Wildman–Crippen LogP) is 4.64. The van der Waals surface area contributed by atoms with Gasteiger partial charge in [-0.2, -0.15) is 0 Å².